The van der Waals surface area contributed by atoms with E-state index in [4.69, 9.17) is 13.9 Å². The van der Waals surface area contributed by atoms with Gasteiger partial charge in [-0.1, -0.05) is 6.07 Å². The molecule has 3 aromatic rings. The quantitative estimate of drug-likeness (QED) is 0.470. The molecule has 0 saturated carbocycles. The molecular formula is C19H18N2O6. The molecule has 0 spiro atoms. The van der Waals surface area contributed by atoms with Gasteiger partial charge in [0.25, 0.3) is 0 Å². The Morgan fingerprint density at radius 2 is 1.85 bits per heavy atom. The van der Waals surface area contributed by atoms with Crippen LogP contribution in [-0.2, 0) is 0 Å². The lowest BCUT2D eigenvalue weighted by molar-refractivity contribution is 0.0929. The average molecular weight is 370 g/mol. The van der Waals surface area contributed by atoms with Crippen LogP contribution >= 0.6 is 0 Å². The van der Waals surface area contributed by atoms with Crippen molar-refractivity contribution in [2.24, 2.45) is 5.10 Å². The van der Waals surface area contributed by atoms with Crippen LogP contribution in [0.2, 0.25) is 0 Å². The highest BCUT2D eigenvalue weighted by atomic mass is 16.5. The molecule has 0 atom stereocenters. The first-order valence-corrected chi connectivity index (χ1v) is 7.95. The zero-order chi connectivity index (χ0) is 19.6. The van der Waals surface area contributed by atoms with Crippen molar-refractivity contribution in [3.05, 3.63) is 47.2 Å². The number of nitrogens with zero attached hydrogens (tertiary/aromatic N) is 1. The number of carbonyl (C=O) groups is 1. The Morgan fingerprint density at radius 3 is 2.44 bits per heavy atom. The largest absolute Gasteiger partial charge is 0.507 e. The van der Waals surface area contributed by atoms with Gasteiger partial charge in [-0.15, -0.1) is 0 Å². The van der Waals surface area contributed by atoms with Gasteiger partial charge in [-0.05, 0) is 31.2 Å². The third-order valence-electron chi connectivity index (χ3n) is 4.02. The number of phenolic OH excluding ortho intramolecular Hbond substituents is 2. The highest BCUT2D eigenvalue weighted by Gasteiger charge is 2.19. The molecule has 0 aliphatic carbocycles. The number of aromatic hydroxyl groups is 2. The van der Waals surface area contributed by atoms with Crippen LogP contribution in [0, 0.1) is 6.92 Å². The number of hydrogen-bond acceptors (Lipinski definition) is 7. The van der Waals surface area contributed by atoms with E-state index in [1.54, 1.807) is 19.1 Å². The number of fused-ring (bicyclic) bond motifs is 1. The van der Waals surface area contributed by atoms with E-state index in [1.807, 2.05) is 0 Å². The lowest BCUT2D eigenvalue weighted by Gasteiger charge is -2.09. The Hall–Kier alpha value is -3.68. The maximum Gasteiger partial charge on any atom is 0.307 e. The smallest absolute Gasteiger partial charge is 0.307 e. The summed E-state index contributed by atoms with van der Waals surface area (Å²) in [6, 6.07) is 7.90. The summed E-state index contributed by atoms with van der Waals surface area (Å²) in [5.74, 6) is -0.156. The van der Waals surface area contributed by atoms with Gasteiger partial charge in [0.2, 0.25) is 5.75 Å². The number of hydrazone groups is 1. The molecular weight excluding hydrogens is 352 g/mol. The van der Waals surface area contributed by atoms with Gasteiger partial charge in [0.05, 0.1) is 25.8 Å². The van der Waals surface area contributed by atoms with Gasteiger partial charge >= 0.3 is 5.91 Å². The molecule has 0 fully saturated rings. The first-order valence-electron chi connectivity index (χ1n) is 7.95. The van der Waals surface area contributed by atoms with E-state index in [0.29, 0.717) is 22.1 Å². The summed E-state index contributed by atoms with van der Waals surface area (Å²) in [7, 11) is 2.83. The summed E-state index contributed by atoms with van der Waals surface area (Å²) in [4.78, 5) is 12.3. The van der Waals surface area contributed by atoms with Gasteiger partial charge in [-0.3, -0.25) is 4.79 Å². The molecule has 140 valence electrons. The van der Waals surface area contributed by atoms with Crippen molar-refractivity contribution < 1.29 is 28.9 Å². The normalized spacial score (nSPS) is 11.1. The van der Waals surface area contributed by atoms with E-state index < -0.39 is 5.91 Å². The van der Waals surface area contributed by atoms with Crippen LogP contribution in [0.5, 0.6) is 23.0 Å². The van der Waals surface area contributed by atoms with E-state index in [2.05, 4.69) is 10.5 Å². The standard InChI is InChI=1S/C19H18N2O6/c1-10-16-12(22)5-4-6-13(16)27-18(10)19(24)21-20-9-11-7-14(25-2)17(23)15(8-11)26-3/h4-9,22-23H,1-3H3,(H,21,24). The Labute approximate surface area is 154 Å². The van der Waals surface area contributed by atoms with Gasteiger partial charge in [0.1, 0.15) is 11.3 Å². The number of amides is 1. The monoisotopic (exact) mass is 370 g/mol. The molecule has 0 aliphatic heterocycles. The second-order valence-electron chi connectivity index (χ2n) is 5.68. The molecule has 8 heteroatoms. The zero-order valence-electron chi connectivity index (χ0n) is 14.9. The van der Waals surface area contributed by atoms with Crippen molar-refractivity contribution in [1.82, 2.24) is 5.43 Å². The topological polar surface area (TPSA) is 114 Å². The Bertz CT molecular complexity index is 1010. The number of nitrogens with one attached hydrogen (secondary N) is 1. The fourth-order valence-electron chi connectivity index (χ4n) is 2.70. The third-order valence-corrected chi connectivity index (χ3v) is 4.02. The number of ether oxygens (including phenoxy) is 2. The molecule has 0 saturated heterocycles. The number of benzene rings is 2. The van der Waals surface area contributed by atoms with Gasteiger partial charge in [0.15, 0.2) is 17.3 Å². The van der Waals surface area contributed by atoms with Crippen LogP contribution in [-0.4, -0.2) is 36.6 Å². The van der Waals surface area contributed by atoms with Crippen molar-refractivity contribution in [3.8, 4) is 23.0 Å². The van der Waals surface area contributed by atoms with Crippen LogP contribution < -0.4 is 14.9 Å². The Balaban J connectivity index is 1.82. The average Bonchev–Trinajstić information content (AvgIpc) is 3.00. The lowest BCUT2D eigenvalue weighted by Crippen LogP contribution is -2.17. The number of phenols is 2. The molecule has 8 nitrogen and oxygen atoms in total. The molecule has 1 heterocycles. The minimum Gasteiger partial charge on any atom is -0.507 e. The molecule has 2 aromatic carbocycles. The van der Waals surface area contributed by atoms with Crippen molar-refractivity contribution in [2.75, 3.05) is 14.2 Å². The number of furan rings is 1. The molecule has 1 aromatic heterocycles. The minimum atomic E-state index is -0.558. The fourth-order valence-corrected chi connectivity index (χ4v) is 2.70. The first kappa shape index (κ1) is 18.1. The van der Waals surface area contributed by atoms with Crippen LogP contribution in [0.4, 0.5) is 0 Å². The summed E-state index contributed by atoms with van der Waals surface area (Å²) in [6.45, 7) is 1.68. The predicted octanol–water partition coefficient (Wildman–Crippen LogP) is 2.93. The van der Waals surface area contributed by atoms with Gasteiger partial charge in [0, 0.05) is 11.1 Å². The second-order valence-corrected chi connectivity index (χ2v) is 5.68. The summed E-state index contributed by atoms with van der Waals surface area (Å²) in [5.41, 5.74) is 3.84. The molecule has 0 unspecified atom stereocenters. The van der Waals surface area contributed by atoms with E-state index in [0.717, 1.165) is 0 Å². The summed E-state index contributed by atoms with van der Waals surface area (Å²) in [5, 5.41) is 24.2. The van der Waals surface area contributed by atoms with Crippen molar-refractivity contribution in [2.45, 2.75) is 6.92 Å². The first-order chi connectivity index (χ1) is 13.0. The highest BCUT2D eigenvalue weighted by molar-refractivity contribution is 6.00. The van der Waals surface area contributed by atoms with Gasteiger partial charge < -0.3 is 24.1 Å². The molecule has 3 rings (SSSR count). The third kappa shape index (κ3) is 3.37. The summed E-state index contributed by atoms with van der Waals surface area (Å²) >= 11 is 0. The number of carbonyl (C=O) groups excluding carboxylic acids is 1. The highest BCUT2D eigenvalue weighted by Crippen LogP contribution is 2.36. The van der Waals surface area contributed by atoms with E-state index in [1.165, 1.54) is 38.6 Å². The number of hydrogen-bond donors (Lipinski definition) is 3. The molecule has 3 N–H and O–H groups in total. The van der Waals surface area contributed by atoms with Crippen LogP contribution in [0.1, 0.15) is 21.7 Å². The van der Waals surface area contributed by atoms with Gasteiger partial charge in [-0.25, -0.2) is 5.43 Å². The summed E-state index contributed by atoms with van der Waals surface area (Å²) in [6.07, 6.45) is 1.37. The van der Waals surface area contributed by atoms with Gasteiger partial charge in [-0.2, -0.15) is 5.10 Å². The second kappa shape index (κ2) is 7.28. The number of methoxy groups -OCH3 is 2. The summed E-state index contributed by atoms with van der Waals surface area (Å²) < 4.78 is 15.6. The maximum absolute atomic E-state index is 12.3. The SMILES string of the molecule is COc1cc(C=NNC(=O)c2oc3cccc(O)c3c2C)cc(OC)c1O. The molecule has 0 bridgehead atoms. The number of rotatable bonds is 5. The molecule has 0 aliphatic rings. The zero-order valence-corrected chi connectivity index (χ0v) is 14.9. The van der Waals surface area contributed by atoms with Crippen LogP contribution in [0.25, 0.3) is 11.0 Å². The molecule has 0 radical (unpaired) electrons. The van der Waals surface area contributed by atoms with Crippen LogP contribution in [0.15, 0.2) is 39.9 Å². The lowest BCUT2D eigenvalue weighted by atomic mass is 10.1. The van der Waals surface area contributed by atoms with Crippen molar-refractivity contribution in [3.63, 3.8) is 0 Å². The van der Waals surface area contributed by atoms with Crippen LogP contribution in [0.3, 0.4) is 0 Å². The Morgan fingerprint density at radius 1 is 1.19 bits per heavy atom. The fraction of sp³-hybridized carbons (Fsp3) is 0.158. The Kier molecular flexibility index (Phi) is 4.89. The predicted molar refractivity (Wildman–Crippen MR) is 98.9 cm³/mol. The van der Waals surface area contributed by atoms with E-state index in [9.17, 15) is 15.0 Å². The van der Waals surface area contributed by atoms with E-state index >= 15 is 0 Å². The molecule has 1 amide bonds. The number of aryl methyl sites for hydroxylation is 1. The molecule has 27 heavy (non-hydrogen) atoms. The van der Waals surface area contributed by atoms with E-state index in [-0.39, 0.29) is 28.8 Å². The maximum atomic E-state index is 12.3. The minimum absolute atomic E-state index is 0.0413. The van der Waals surface area contributed by atoms with Crippen molar-refractivity contribution >= 4 is 23.1 Å². The van der Waals surface area contributed by atoms with Crippen molar-refractivity contribution in [1.29, 1.82) is 0 Å².